The predicted molar refractivity (Wildman–Crippen MR) is 247 cm³/mol. The van der Waals surface area contributed by atoms with Crippen LogP contribution < -0.4 is 33.7 Å². The summed E-state index contributed by atoms with van der Waals surface area (Å²) in [6.45, 7) is 5.68. The third-order valence-electron chi connectivity index (χ3n) is 9.71. The number of nitrogens with zero attached hydrogens (tertiary/aromatic N) is 11. The normalized spacial score (nSPS) is 12.9. The monoisotopic (exact) mass is 1020 g/mol. The number of aryl methyl sites for hydroxylation is 2. The van der Waals surface area contributed by atoms with Crippen molar-refractivity contribution in [3.8, 4) is 0 Å². The molecule has 0 spiro atoms. The highest BCUT2D eigenvalue weighted by molar-refractivity contribution is 7.86. The number of fused-ring (bicyclic) bond motifs is 3. The minimum Gasteiger partial charge on any atom is -0.480 e. The van der Waals surface area contributed by atoms with Crippen LogP contribution in [-0.4, -0.2) is 135 Å². The Labute approximate surface area is 396 Å². The molecule has 0 saturated carbocycles. The average Bonchev–Trinajstić information content (AvgIpc) is 4.09. The zero-order valence-corrected chi connectivity index (χ0v) is 41.5. The number of carbonyl (C=O) groups excluding carboxylic acids is 3. The fourth-order valence-corrected chi connectivity index (χ4v) is 6.43. The maximum atomic E-state index is 12.1. The van der Waals surface area contributed by atoms with Crippen LogP contribution in [-0.2, 0) is 96.4 Å². The molecular formula is C38H54ClN11O18S. The number of esters is 3. The summed E-state index contributed by atoms with van der Waals surface area (Å²) in [4.78, 5) is 126. The van der Waals surface area contributed by atoms with Gasteiger partial charge in [0.15, 0.2) is 28.4 Å². The molecule has 5 aromatic heterocycles. The maximum Gasteiger partial charge on any atom is 0.336 e. The Balaban J connectivity index is 0.000000446. The molecule has 2 N–H and O–H groups in total. The molecule has 0 bridgehead atoms. The van der Waals surface area contributed by atoms with E-state index in [1.165, 1.54) is 106 Å². The molecule has 0 saturated heterocycles. The van der Waals surface area contributed by atoms with Gasteiger partial charge in [-0.3, -0.25) is 46.0 Å². The number of rotatable bonds is 8. The van der Waals surface area contributed by atoms with Crippen molar-refractivity contribution in [1.82, 2.24) is 46.5 Å². The highest BCUT2D eigenvalue weighted by Crippen LogP contribution is 2.17. The van der Waals surface area contributed by atoms with Crippen molar-refractivity contribution in [3.05, 3.63) is 80.7 Å². The van der Waals surface area contributed by atoms with Gasteiger partial charge in [0.25, 0.3) is 26.8 Å². The summed E-state index contributed by atoms with van der Waals surface area (Å²) in [5, 5.41) is 17.3. The van der Waals surface area contributed by atoms with E-state index in [4.69, 9.17) is 10.2 Å². The molecule has 69 heavy (non-hydrogen) atoms. The summed E-state index contributed by atoms with van der Waals surface area (Å²) in [6.07, 6.45) is 3.57. The van der Waals surface area contributed by atoms with Crippen LogP contribution in [0.2, 0.25) is 0 Å². The lowest BCUT2D eigenvalue weighted by Crippen LogP contribution is -2.38. The molecule has 0 fully saturated rings. The smallest absolute Gasteiger partial charge is 0.336 e. The Morgan fingerprint density at radius 2 is 1.01 bits per heavy atom. The van der Waals surface area contributed by atoms with Gasteiger partial charge in [0.1, 0.15) is 24.0 Å². The molecule has 0 radical (unpaired) electrons. The number of imidazole rings is 2. The van der Waals surface area contributed by atoms with Gasteiger partial charge >= 0.3 is 40.9 Å². The van der Waals surface area contributed by atoms with E-state index < -0.39 is 80.8 Å². The molecule has 0 aromatic carbocycles. The molecule has 6 heterocycles. The second kappa shape index (κ2) is 24.6. The minimum absolute atomic E-state index is 0. The first kappa shape index (κ1) is 59.7. The van der Waals surface area contributed by atoms with Gasteiger partial charge in [-0.2, -0.15) is 8.42 Å². The lowest BCUT2D eigenvalue weighted by molar-refractivity contribution is -0.149. The van der Waals surface area contributed by atoms with Crippen LogP contribution in [0.25, 0.3) is 22.3 Å². The molecule has 1 aliphatic heterocycles. The summed E-state index contributed by atoms with van der Waals surface area (Å²) in [6, 6.07) is -1.62. The second-order valence-corrected chi connectivity index (χ2v) is 16.1. The summed E-state index contributed by atoms with van der Waals surface area (Å²) in [5.74, 6) is -2.39. The number of carboxylic acid groups (broad SMARTS) is 1. The van der Waals surface area contributed by atoms with Crippen molar-refractivity contribution in [2.45, 2.75) is 58.4 Å². The van der Waals surface area contributed by atoms with Crippen molar-refractivity contribution < 1.29 is 56.2 Å². The van der Waals surface area contributed by atoms with Gasteiger partial charge in [-0.1, -0.05) is 0 Å². The summed E-state index contributed by atoms with van der Waals surface area (Å²) >= 11 is 0. The molecule has 6 rings (SSSR count). The molecular weight excluding hydrogens is 966 g/mol. The molecule has 1 aliphatic rings. The van der Waals surface area contributed by atoms with E-state index in [2.05, 4.69) is 33.4 Å². The fraction of sp³-hybridized carbons (Fsp3) is 0.500. The minimum atomic E-state index is -3.58. The highest BCUT2D eigenvalue weighted by atomic mass is 35.5. The first-order valence-corrected chi connectivity index (χ1v) is 21.3. The zero-order chi connectivity index (χ0) is 52.4. The number of aliphatic hydroxyl groups is 1. The van der Waals surface area contributed by atoms with Gasteiger partial charge in [0.2, 0.25) is 0 Å². The number of hydrogen-bond acceptors (Lipinski definition) is 20. The van der Waals surface area contributed by atoms with Crippen LogP contribution in [0, 0.1) is 0 Å². The first-order chi connectivity index (χ1) is 31.4. The number of aromatic nitrogens is 10. The Hall–Kier alpha value is -7.31. The van der Waals surface area contributed by atoms with Crippen molar-refractivity contribution in [1.29, 1.82) is 0 Å². The molecule has 0 aliphatic carbocycles. The molecule has 0 amide bonds. The number of aliphatic carboxylic acids is 1. The van der Waals surface area contributed by atoms with E-state index in [0.717, 1.165) is 27.1 Å². The van der Waals surface area contributed by atoms with E-state index >= 15 is 0 Å². The third kappa shape index (κ3) is 13.7. The number of ether oxygens (including phenoxy) is 3. The topological polar surface area (TPSA) is 360 Å². The number of aliphatic imine (C=N–C) groups is 1. The lowest BCUT2D eigenvalue weighted by atomic mass is 10.2. The number of halogens is 1. The average molecular weight is 1020 g/mol. The summed E-state index contributed by atoms with van der Waals surface area (Å²) in [7, 11) is 8.89. The van der Waals surface area contributed by atoms with Gasteiger partial charge in [0.05, 0.1) is 45.8 Å². The quantitative estimate of drug-likeness (QED) is 0.0893. The van der Waals surface area contributed by atoms with Crippen molar-refractivity contribution >= 4 is 80.8 Å². The van der Waals surface area contributed by atoms with Crippen LogP contribution in [0.15, 0.2) is 46.4 Å². The zero-order valence-electron chi connectivity index (χ0n) is 39.9. The number of methoxy groups -OCH3 is 3. The molecule has 5 aromatic rings. The highest BCUT2D eigenvalue weighted by Gasteiger charge is 2.24. The van der Waals surface area contributed by atoms with Gasteiger partial charge in [-0.05, 0) is 27.7 Å². The number of carbonyl (C=O) groups is 4. The lowest BCUT2D eigenvalue weighted by Gasteiger charge is -2.12. The second-order valence-electron chi connectivity index (χ2n) is 14.5. The predicted octanol–water partition coefficient (Wildman–Crippen LogP) is -2.92. The summed E-state index contributed by atoms with van der Waals surface area (Å²) in [5.41, 5.74) is -1.26. The van der Waals surface area contributed by atoms with Gasteiger partial charge in [-0.25, -0.2) is 48.5 Å². The van der Waals surface area contributed by atoms with Crippen molar-refractivity contribution in [2.75, 3.05) is 27.6 Å². The van der Waals surface area contributed by atoms with Crippen LogP contribution in [0.3, 0.4) is 0 Å². The van der Waals surface area contributed by atoms with Crippen LogP contribution in [0.1, 0.15) is 45.3 Å². The number of aliphatic hydroxyl groups excluding tert-OH is 1. The largest absolute Gasteiger partial charge is 0.480 e. The molecule has 0 unspecified atom stereocenters. The SMILES string of the molecule is COC(=O)[C@@H](C)n1cnc2c1c(=O)n(C)c(=O)n2C.COC(=O)[C@H](C)O.COC(=O)[C@H](C)OS(C)(=O)=O.C[C@H](C(=O)O)n1cnc2c1c(=O)n(C)c(=O)n2C.Cl.Cn1c2c(c(=O)n(C)c1=O)CC=N2. The van der Waals surface area contributed by atoms with E-state index in [9.17, 15) is 56.4 Å². The Bertz CT molecular complexity index is 3240. The van der Waals surface area contributed by atoms with Crippen LogP contribution in [0.5, 0.6) is 0 Å². The Kier molecular flexibility index (Phi) is 21.3. The maximum absolute atomic E-state index is 12.1. The van der Waals surface area contributed by atoms with Crippen molar-refractivity contribution in [2.24, 2.45) is 47.3 Å². The van der Waals surface area contributed by atoms with Gasteiger partial charge < -0.3 is 33.6 Å². The molecule has 382 valence electrons. The number of carboxylic acids is 1. The standard InChI is InChI=1S/C11H14N4O4.C10H12N4O4.C8H9N3O2.C5H10O5S.C4H8O3.ClH/c1-6(10(17)19-4)15-5-12-8-7(15)9(16)14(3)11(18)13(8)2;1-5(9(16)17)14-4-11-7-6(14)8(15)13(3)10(18)12(7)2;1-10-6-5(3-4-9-6)7(12)11(2)8(10)13;1-4(5(6)9-2)10-11(3,7)8;1-3(5)4(6)7-2;/h5-6H,1-4H3;4-5H,1-3H3,(H,16,17);4H,3H2,1-2H3;4H,1-3H3;3,5H,1-2H3;1H/t6-;5-;;4-;3-;/m11.00./s1. The van der Waals surface area contributed by atoms with Crippen LogP contribution >= 0.6 is 12.4 Å². The summed E-state index contributed by atoms with van der Waals surface area (Å²) < 4.78 is 47.7. The number of hydrogen-bond donors (Lipinski definition) is 2. The van der Waals surface area contributed by atoms with Crippen molar-refractivity contribution in [3.63, 3.8) is 0 Å². The first-order valence-electron chi connectivity index (χ1n) is 19.5. The van der Waals surface area contributed by atoms with E-state index in [1.807, 2.05) is 0 Å². The van der Waals surface area contributed by atoms with Gasteiger partial charge in [0, 0.05) is 54.9 Å². The third-order valence-corrected chi connectivity index (χ3v) is 10.3. The van der Waals surface area contributed by atoms with Crippen LogP contribution in [0.4, 0.5) is 5.82 Å². The Morgan fingerprint density at radius 1 is 0.623 bits per heavy atom. The van der Waals surface area contributed by atoms with E-state index in [0.29, 0.717) is 17.8 Å². The Morgan fingerprint density at radius 3 is 1.38 bits per heavy atom. The van der Waals surface area contributed by atoms with E-state index in [1.54, 1.807) is 20.2 Å². The molecule has 31 heteroatoms. The van der Waals surface area contributed by atoms with E-state index in [-0.39, 0.29) is 46.0 Å². The molecule has 29 nitrogen and oxygen atoms in total. The van der Waals surface area contributed by atoms with Gasteiger partial charge in [-0.15, -0.1) is 12.4 Å². The fourth-order valence-electron chi connectivity index (χ4n) is 5.83. The molecule has 4 atom stereocenters.